The number of pyridine rings is 1. The van der Waals surface area contributed by atoms with Crippen LogP contribution in [0.1, 0.15) is 43.4 Å². The van der Waals surface area contributed by atoms with E-state index in [9.17, 15) is 0 Å². The summed E-state index contributed by atoms with van der Waals surface area (Å²) in [6, 6.07) is 4.87. The Balaban J connectivity index is 2.05. The second kappa shape index (κ2) is 7.01. The third kappa shape index (κ3) is 3.77. The fourth-order valence-corrected chi connectivity index (χ4v) is 3.01. The molecule has 0 fully saturated rings. The molecule has 2 unspecified atom stereocenters. The van der Waals surface area contributed by atoms with Gasteiger partial charge in [0.05, 0.1) is 0 Å². The number of rotatable bonds is 7. The normalized spacial score (nSPS) is 19.7. The molecule has 1 aromatic heterocycles. The van der Waals surface area contributed by atoms with Crippen LogP contribution in [0.3, 0.4) is 0 Å². The standard InChI is InChI=1S/C16H27N3/c1-4-10-17-15(9-12-19(2)3)14-8-7-13-6-5-11-18-16(13)14/h5-6,11,14-15,17H,4,7-10,12H2,1-3H3. The molecular weight excluding hydrogens is 234 g/mol. The van der Waals surface area contributed by atoms with Gasteiger partial charge in [-0.25, -0.2) is 0 Å². The molecular formula is C16H27N3. The number of fused-ring (bicyclic) bond motifs is 1. The predicted molar refractivity (Wildman–Crippen MR) is 80.6 cm³/mol. The smallest absolute Gasteiger partial charge is 0.0482 e. The Labute approximate surface area is 117 Å². The van der Waals surface area contributed by atoms with E-state index < -0.39 is 0 Å². The highest BCUT2D eigenvalue weighted by Crippen LogP contribution is 2.34. The highest BCUT2D eigenvalue weighted by Gasteiger charge is 2.30. The van der Waals surface area contributed by atoms with Crippen molar-refractivity contribution in [2.75, 3.05) is 27.2 Å². The Morgan fingerprint density at radius 2 is 2.32 bits per heavy atom. The van der Waals surface area contributed by atoms with E-state index in [4.69, 9.17) is 0 Å². The Morgan fingerprint density at radius 3 is 3.05 bits per heavy atom. The zero-order valence-corrected chi connectivity index (χ0v) is 12.5. The van der Waals surface area contributed by atoms with Gasteiger partial charge in [-0.2, -0.15) is 0 Å². The Bertz CT molecular complexity index is 389. The Hall–Kier alpha value is -0.930. The molecule has 1 heterocycles. The summed E-state index contributed by atoms with van der Waals surface area (Å²) in [6.45, 7) is 4.48. The molecule has 3 heteroatoms. The Kier molecular flexibility index (Phi) is 5.34. The van der Waals surface area contributed by atoms with Crippen LogP contribution in [0, 0.1) is 0 Å². The van der Waals surface area contributed by atoms with E-state index in [-0.39, 0.29) is 0 Å². The zero-order chi connectivity index (χ0) is 13.7. The molecule has 2 rings (SSSR count). The van der Waals surface area contributed by atoms with Crippen molar-refractivity contribution >= 4 is 0 Å². The summed E-state index contributed by atoms with van der Waals surface area (Å²) >= 11 is 0. The van der Waals surface area contributed by atoms with Gasteiger partial charge < -0.3 is 10.2 Å². The van der Waals surface area contributed by atoms with Gasteiger partial charge in [-0.3, -0.25) is 4.98 Å². The van der Waals surface area contributed by atoms with Crippen LogP contribution in [0.4, 0.5) is 0 Å². The molecule has 19 heavy (non-hydrogen) atoms. The molecule has 1 aliphatic carbocycles. The van der Waals surface area contributed by atoms with Crippen molar-refractivity contribution in [2.24, 2.45) is 0 Å². The highest BCUT2D eigenvalue weighted by molar-refractivity contribution is 5.30. The minimum atomic E-state index is 0.568. The van der Waals surface area contributed by atoms with Gasteiger partial charge in [-0.05, 0) is 64.5 Å². The zero-order valence-electron chi connectivity index (χ0n) is 12.5. The number of hydrogen-bond donors (Lipinski definition) is 1. The first-order valence-corrected chi connectivity index (χ1v) is 7.54. The molecule has 0 saturated heterocycles. The summed E-state index contributed by atoms with van der Waals surface area (Å²) in [5.41, 5.74) is 2.80. The summed E-state index contributed by atoms with van der Waals surface area (Å²) in [5, 5.41) is 3.74. The average molecular weight is 261 g/mol. The van der Waals surface area contributed by atoms with Crippen LogP contribution >= 0.6 is 0 Å². The molecule has 0 aliphatic heterocycles. The number of aromatic nitrogens is 1. The quantitative estimate of drug-likeness (QED) is 0.817. The fraction of sp³-hybridized carbons (Fsp3) is 0.688. The van der Waals surface area contributed by atoms with Crippen LogP contribution < -0.4 is 5.32 Å². The molecule has 0 saturated carbocycles. The third-order valence-electron chi connectivity index (χ3n) is 4.03. The van der Waals surface area contributed by atoms with Crippen molar-refractivity contribution in [3.8, 4) is 0 Å². The lowest BCUT2D eigenvalue weighted by Crippen LogP contribution is -2.37. The second-order valence-electron chi connectivity index (χ2n) is 5.85. The molecule has 0 spiro atoms. The largest absolute Gasteiger partial charge is 0.313 e. The molecule has 2 atom stereocenters. The van der Waals surface area contributed by atoms with Crippen LogP contribution in [-0.4, -0.2) is 43.1 Å². The Morgan fingerprint density at radius 1 is 1.47 bits per heavy atom. The predicted octanol–water partition coefficient (Wildman–Crippen LogP) is 2.43. The summed E-state index contributed by atoms with van der Waals surface area (Å²) in [4.78, 5) is 6.92. The average Bonchev–Trinajstić information content (AvgIpc) is 2.83. The number of nitrogens with one attached hydrogen (secondary N) is 1. The summed E-state index contributed by atoms with van der Waals surface area (Å²) < 4.78 is 0. The van der Waals surface area contributed by atoms with Gasteiger partial charge in [0.2, 0.25) is 0 Å². The van der Waals surface area contributed by atoms with Crippen molar-refractivity contribution in [3.63, 3.8) is 0 Å². The first kappa shape index (κ1) is 14.5. The van der Waals surface area contributed by atoms with Gasteiger partial charge in [0.25, 0.3) is 0 Å². The van der Waals surface area contributed by atoms with Crippen LogP contribution in [0.15, 0.2) is 18.3 Å². The molecule has 3 nitrogen and oxygen atoms in total. The maximum absolute atomic E-state index is 4.64. The van der Waals surface area contributed by atoms with Gasteiger partial charge in [-0.15, -0.1) is 0 Å². The molecule has 0 amide bonds. The van der Waals surface area contributed by atoms with Gasteiger partial charge in [0.15, 0.2) is 0 Å². The summed E-state index contributed by atoms with van der Waals surface area (Å²) in [7, 11) is 4.30. The first-order chi connectivity index (χ1) is 9.22. The van der Waals surface area contributed by atoms with Crippen molar-refractivity contribution < 1.29 is 0 Å². The number of hydrogen-bond acceptors (Lipinski definition) is 3. The molecule has 0 radical (unpaired) electrons. The SMILES string of the molecule is CCCNC(CCN(C)C)C1CCc2cccnc21. The van der Waals surface area contributed by atoms with Crippen molar-refractivity contribution in [2.45, 2.75) is 44.6 Å². The fourth-order valence-electron chi connectivity index (χ4n) is 3.01. The lowest BCUT2D eigenvalue weighted by atomic mass is 9.94. The van der Waals surface area contributed by atoms with E-state index in [0.717, 1.165) is 13.1 Å². The third-order valence-corrected chi connectivity index (χ3v) is 4.03. The van der Waals surface area contributed by atoms with E-state index >= 15 is 0 Å². The maximum Gasteiger partial charge on any atom is 0.0482 e. The monoisotopic (exact) mass is 261 g/mol. The topological polar surface area (TPSA) is 28.2 Å². The lowest BCUT2D eigenvalue weighted by Gasteiger charge is -2.26. The molecule has 1 N–H and O–H groups in total. The van der Waals surface area contributed by atoms with Crippen LogP contribution in [-0.2, 0) is 6.42 Å². The van der Waals surface area contributed by atoms with Crippen molar-refractivity contribution in [3.05, 3.63) is 29.6 Å². The first-order valence-electron chi connectivity index (χ1n) is 7.54. The van der Waals surface area contributed by atoms with E-state index in [1.165, 1.54) is 36.9 Å². The lowest BCUT2D eigenvalue weighted by molar-refractivity contribution is 0.328. The van der Waals surface area contributed by atoms with E-state index in [1.54, 1.807) is 0 Å². The molecule has 1 aliphatic rings. The molecule has 1 aromatic rings. The number of aryl methyl sites for hydroxylation is 1. The molecule has 106 valence electrons. The summed E-state index contributed by atoms with van der Waals surface area (Å²) in [5.74, 6) is 0.600. The molecule has 0 bridgehead atoms. The van der Waals surface area contributed by atoms with Gasteiger partial charge >= 0.3 is 0 Å². The highest BCUT2D eigenvalue weighted by atomic mass is 15.1. The van der Waals surface area contributed by atoms with E-state index in [1.807, 2.05) is 6.20 Å². The van der Waals surface area contributed by atoms with Gasteiger partial charge in [0, 0.05) is 23.9 Å². The minimum Gasteiger partial charge on any atom is -0.313 e. The van der Waals surface area contributed by atoms with E-state index in [0.29, 0.717) is 12.0 Å². The minimum absolute atomic E-state index is 0.568. The van der Waals surface area contributed by atoms with Gasteiger partial charge in [0.1, 0.15) is 0 Å². The maximum atomic E-state index is 4.64. The second-order valence-corrected chi connectivity index (χ2v) is 5.85. The van der Waals surface area contributed by atoms with Crippen LogP contribution in [0.2, 0.25) is 0 Å². The van der Waals surface area contributed by atoms with Crippen molar-refractivity contribution in [1.82, 2.24) is 15.2 Å². The van der Waals surface area contributed by atoms with Gasteiger partial charge in [-0.1, -0.05) is 13.0 Å². The number of nitrogens with zero attached hydrogens (tertiary/aromatic N) is 2. The van der Waals surface area contributed by atoms with Crippen LogP contribution in [0.25, 0.3) is 0 Å². The van der Waals surface area contributed by atoms with Crippen LogP contribution in [0.5, 0.6) is 0 Å². The van der Waals surface area contributed by atoms with Crippen molar-refractivity contribution in [1.29, 1.82) is 0 Å². The molecule has 0 aromatic carbocycles. The summed E-state index contributed by atoms with van der Waals surface area (Å²) in [6.07, 6.45) is 6.79. The van der Waals surface area contributed by atoms with E-state index in [2.05, 4.69) is 48.4 Å².